The number of fused-ring (bicyclic) bond motifs is 5. The first-order valence-electron chi connectivity index (χ1n) is 14.0. The normalized spacial score (nSPS) is 40.1. The Labute approximate surface area is 206 Å². The third-order valence-electron chi connectivity index (χ3n) is 11.3. The van der Waals surface area contributed by atoms with E-state index in [9.17, 15) is 9.59 Å². The van der Waals surface area contributed by atoms with Gasteiger partial charge in [0.25, 0.3) is 0 Å². The Bertz CT molecular complexity index is 893. The molecule has 0 amide bonds. The minimum Gasteiger partial charge on any atom is -0.461 e. The molecule has 4 saturated carbocycles. The molecule has 5 rings (SSSR count). The molecule has 0 unspecified atom stereocenters. The SMILES string of the molecule is C[C@H](CCC(=O)OCc1ccccc1)[C@H]1CC[C@H]2[C@@H]3CC[C@@H]4CC(=O)CC[C@]4(C)[C@H]3CC[C@]12C. The Morgan fingerprint density at radius 1 is 1.00 bits per heavy atom. The lowest BCUT2D eigenvalue weighted by molar-refractivity contribution is -0.145. The number of esters is 1. The van der Waals surface area contributed by atoms with Crippen LogP contribution in [0.4, 0.5) is 0 Å². The van der Waals surface area contributed by atoms with Gasteiger partial charge < -0.3 is 4.74 Å². The summed E-state index contributed by atoms with van der Waals surface area (Å²) in [6.07, 6.45) is 12.3. The molecule has 4 aliphatic rings. The highest BCUT2D eigenvalue weighted by molar-refractivity contribution is 5.79. The van der Waals surface area contributed by atoms with Crippen molar-refractivity contribution < 1.29 is 14.3 Å². The van der Waals surface area contributed by atoms with Crippen molar-refractivity contribution in [1.29, 1.82) is 0 Å². The van der Waals surface area contributed by atoms with Crippen LogP contribution in [0.5, 0.6) is 0 Å². The lowest BCUT2D eigenvalue weighted by atomic mass is 9.44. The van der Waals surface area contributed by atoms with E-state index in [1.54, 1.807) is 0 Å². The zero-order chi connectivity index (χ0) is 23.9. The van der Waals surface area contributed by atoms with Gasteiger partial charge in [0.15, 0.2) is 0 Å². The van der Waals surface area contributed by atoms with Crippen molar-refractivity contribution in [1.82, 2.24) is 0 Å². The maximum atomic E-state index is 12.4. The molecule has 1 aromatic carbocycles. The van der Waals surface area contributed by atoms with Gasteiger partial charge in [0, 0.05) is 19.3 Å². The van der Waals surface area contributed by atoms with Crippen molar-refractivity contribution in [2.24, 2.45) is 46.3 Å². The monoisotopic (exact) mass is 464 g/mol. The highest BCUT2D eigenvalue weighted by Crippen LogP contribution is 2.68. The summed E-state index contributed by atoms with van der Waals surface area (Å²) in [6.45, 7) is 7.90. The molecular formula is C31H44O3. The van der Waals surface area contributed by atoms with Crippen LogP contribution in [-0.4, -0.2) is 11.8 Å². The Morgan fingerprint density at radius 3 is 2.56 bits per heavy atom. The molecule has 8 atom stereocenters. The van der Waals surface area contributed by atoms with Gasteiger partial charge in [-0.05, 0) is 103 Å². The summed E-state index contributed by atoms with van der Waals surface area (Å²) in [5.41, 5.74) is 1.87. The Hall–Kier alpha value is -1.64. The Kier molecular flexibility index (Phi) is 6.68. The number of hydrogen-bond acceptors (Lipinski definition) is 3. The molecule has 0 radical (unpaired) electrons. The average Bonchev–Trinajstić information content (AvgIpc) is 3.19. The second-order valence-electron chi connectivity index (χ2n) is 12.8. The van der Waals surface area contributed by atoms with Gasteiger partial charge in [0.1, 0.15) is 12.4 Å². The van der Waals surface area contributed by atoms with Gasteiger partial charge in [-0.1, -0.05) is 51.1 Å². The van der Waals surface area contributed by atoms with Crippen LogP contribution in [0, 0.1) is 46.3 Å². The van der Waals surface area contributed by atoms with E-state index in [0.717, 1.165) is 54.9 Å². The number of hydrogen-bond donors (Lipinski definition) is 0. The molecule has 34 heavy (non-hydrogen) atoms. The standard InChI is InChI=1S/C31H44O3/c1-21(9-14-29(33)34-20-22-7-5-4-6-8-22)26-12-13-27-25-11-10-23-19-24(32)15-17-30(23,2)28(25)16-18-31(26,27)3/h4-8,21,23,25-28H,9-20H2,1-3H3/t21-,23-,25+,26-,27+,28+,30+,31-/m1/s1. The van der Waals surface area contributed by atoms with Crippen molar-refractivity contribution in [3.63, 3.8) is 0 Å². The number of Topliss-reactive ketones (excluding diaryl/α,β-unsaturated/α-hetero) is 1. The number of benzene rings is 1. The first-order chi connectivity index (χ1) is 16.3. The summed E-state index contributed by atoms with van der Waals surface area (Å²) in [5, 5.41) is 0. The van der Waals surface area contributed by atoms with Gasteiger partial charge in [-0.25, -0.2) is 0 Å². The van der Waals surface area contributed by atoms with Gasteiger partial charge in [0.05, 0.1) is 0 Å². The summed E-state index contributed by atoms with van der Waals surface area (Å²) in [4.78, 5) is 24.6. The number of ether oxygens (including phenoxy) is 1. The van der Waals surface area contributed by atoms with Gasteiger partial charge in [-0.15, -0.1) is 0 Å². The second kappa shape index (κ2) is 9.43. The molecule has 4 fully saturated rings. The summed E-state index contributed by atoms with van der Waals surface area (Å²) >= 11 is 0. The van der Waals surface area contributed by atoms with Crippen LogP contribution in [-0.2, 0) is 20.9 Å². The number of ketones is 1. The minimum absolute atomic E-state index is 0.0581. The zero-order valence-corrected chi connectivity index (χ0v) is 21.6. The Morgan fingerprint density at radius 2 is 1.76 bits per heavy atom. The minimum atomic E-state index is -0.0581. The van der Waals surface area contributed by atoms with E-state index in [0.29, 0.717) is 41.5 Å². The molecule has 4 aliphatic carbocycles. The fourth-order valence-electron chi connectivity index (χ4n) is 9.38. The van der Waals surface area contributed by atoms with E-state index >= 15 is 0 Å². The maximum Gasteiger partial charge on any atom is 0.306 e. The van der Waals surface area contributed by atoms with Crippen molar-refractivity contribution in [2.75, 3.05) is 0 Å². The summed E-state index contributed by atoms with van der Waals surface area (Å²) in [7, 11) is 0. The van der Waals surface area contributed by atoms with E-state index < -0.39 is 0 Å². The van der Waals surface area contributed by atoms with Crippen LogP contribution in [0.1, 0.15) is 97.0 Å². The molecule has 0 aromatic heterocycles. The molecule has 0 bridgehead atoms. The Balaban J connectivity index is 1.18. The molecule has 0 aliphatic heterocycles. The van der Waals surface area contributed by atoms with E-state index in [4.69, 9.17) is 4.74 Å². The number of carbonyl (C=O) groups excluding carboxylic acids is 2. The summed E-state index contributed by atoms with van der Waals surface area (Å²) in [6, 6.07) is 9.96. The second-order valence-corrected chi connectivity index (χ2v) is 12.8. The van der Waals surface area contributed by atoms with Crippen LogP contribution in [0.3, 0.4) is 0 Å². The number of carbonyl (C=O) groups is 2. The molecule has 1 aromatic rings. The molecule has 0 N–H and O–H groups in total. The third-order valence-corrected chi connectivity index (χ3v) is 11.3. The predicted octanol–water partition coefficient (Wildman–Crippen LogP) is 7.37. The van der Waals surface area contributed by atoms with Crippen LogP contribution < -0.4 is 0 Å². The molecular weight excluding hydrogens is 420 g/mol. The average molecular weight is 465 g/mol. The van der Waals surface area contributed by atoms with Crippen molar-refractivity contribution >= 4 is 11.8 Å². The first kappa shape index (κ1) is 24.1. The third kappa shape index (κ3) is 4.26. The number of rotatable bonds is 6. The van der Waals surface area contributed by atoms with Crippen molar-refractivity contribution in [3.8, 4) is 0 Å². The molecule has 0 spiro atoms. The van der Waals surface area contributed by atoms with E-state index in [1.807, 2.05) is 30.3 Å². The fraction of sp³-hybridized carbons (Fsp3) is 0.742. The maximum absolute atomic E-state index is 12.4. The molecule has 186 valence electrons. The van der Waals surface area contributed by atoms with Gasteiger partial charge >= 0.3 is 5.97 Å². The highest BCUT2D eigenvalue weighted by atomic mass is 16.5. The van der Waals surface area contributed by atoms with E-state index in [1.165, 1.54) is 38.5 Å². The van der Waals surface area contributed by atoms with Crippen molar-refractivity contribution in [2.45, 2.75) is 98.0 Å². The summed E-state index contributed by atoms with van der Waals surface area (Å²) < 4.78 is 5.55. The molecule has 3 heteroatoms. The molecule has 3 nitrogen and oxygen atoms in total. The molecule has 0 saturated heterocycles. The van der Waals surface area contributed by atoms with E-state index in [-0.39, 0.29) is 5.97 Å². The van der Waals surface area contributed by atoms with Crippen LogP contribution in [0.25, 0.3) is 0 Å². The van der Waals surface area contributed by atoms with Gasteiger partial charge in [-0.3, -0.25) is 9.59 Å². The largest absolute Gasteiger partial charge is 0.461 e. The smallest absolute Gasteiger partial charge is 0.306 e. The topological polar surface area (TPSA) is 43.4 Å². The van der Waals surface area contributed by atoms with Crippen LogP contribution in [0.2, 0.25) is 0 Å². The lowest BCUT2D eigenvalue weighted by Crippen LogP contribution is -2.53. The quantitative estimate of drug-likeness (QED) is 0.413. The highest BCUT2D eigenvalue weighted by Gasteiger charge is 2.60. The van der Waals surface area contributed by atoms with Crippen LogP contribution in [0.15, 0.2) is 30.3 Å². The van der Waals surface area contributed by atoms with Crippen molar-refractivity contribution in [3.05, 3.63) is 35.9 Å². The van der Waals surface area contributed by atoms with Gasteiger partial charge in [0.2, 0.25) is 0 Å². The fourth-order valence-corrected chi connectivity index (χ4v) is 9.38. The summed E-state index contributed by atoms with van der Waals surface area (Å²) in [5.74, 6) is 4.88. The first-order valence-corrected chi connectivity index (χ1v) is 14.0. The van der Waals surface area contributed by atoms with E-state index in [2.05, 4.69) is 20.8 Å². The lowest BCUT2D eigenvalue weighted by Gasteiger charge is -2.60. The van der Waals surface area contributed by atoms with Crippen LogP contribution >= 0.6 is 0 Å². The molecule has 0 heterocycles. The van der Waals surface area contributed by atoms with Gasteiger partial charge in [-0.2, -0.15) is 0 Å². The zero-order valence-electron chi connectivity index (χ0n) is 21.6. The predicted molar refractivity (Wildman–Crippen MR) is 135 cm³/mol.